The first-order chi connectivity index (χ1) is 10.5. The van der Waals surface area contributed by atoms with Crippen LogP contribution in [0.3, 0.4) is 0 Å². The summed E-state index contributed by atoms with van der Waals surface area (Å²) in [7, 11) is -18.1. The lowest BCUT2D eigenvalue weighted by Gasteiger charge is -2.51. The molecule has 18 heteroatoms. The number of phosphoric acid groups is 3. The zero-order valence-corrected chi connectivity index (χ0v) is 13.7. The normalized spacial score (nSPS) is 35.9. The van der Waals surface area contributed by atoms with Crippen LogP contribution in [0.5, 0.6) is 0 Å². The smallest absolute Gasteiger partial charge is 0.121 e. The summed E-state index contributed by atoms with van der Waals surface area (Å²) in [5, 5.41) is 28.6. The predicted octanol–water partition coefficient (Wildman–Crippen LogP) is -7.28. The lowest BCUT2D eigenvalue weighted by Crippen LogP contribution is -2.66. The summed E-state index contributed by atoms with van der Waals surface area (Å²) < 4.78 is 43.2. The zero-order chi connectivity index (χ0) is 19.1. The summed E-state index contributed by atoms with van der Waals surface area (Å²) in [6, 6.07) is 0. The first-order valence-electron chi connectivity index (χ1n) is 5.67. The van der Waals surface area contributed by atoms with Gasteiger partial charge in [-0.25, -0.2) is 0 Å². The quantitative estimate of drug-likeness (QED) is 0.340. The molecule has 0 heterocycles. The molecular formula is C6H9O15P3-6. The van der Waals surface area contributed by atoms with E-state index in [2.05, 4.69) is 13.6 Å². The fraction of sp³-hybridized carbons (Fsp3) is 1.00. The molecule has 6 atom stereocenters. The minimum absolute atomic E-state index is 2.46. The van der Waals surface area contributed by atoms with Gasteiger partial charge < -0.3 is 71.9 Å². The van der Waals surface area contributed by atoms with Crippen LogP contribution in [0.2, 0.25) is 0 Å². The number of hydrogen-bond acceptors (Lipinski definition) is 15. The molecule has 1 aliphatic carbocycles. The first-order valence-corrected chi connectivity index (χ1v) is 10.1. The van der Waals surface area contributed by atoms with Gasteiger partial charge in [0, 0.05) is 0 Å². The van der Waals surface area contributed by atoms with Gasteiger partial charge in [0.05, 0.1) is 23.5 Å². The maximum absolute atomic E-state index is 10.7. The Morgan fingerprint density at radius 2 is 0.792 bits per heavy atom. The molecule has 0 radical (unpaired) electrons. The van der Waals surface area contributed by atoms with Crippen molar-refractivity contribution >= 4 is 23.5 Å². The first kappa shape index (κ1) is 22.3. The summed E-state index contributed by atoms with van der Waals surface area (Å²) in [5.74, 6) is 0. The zero-order valence-electron chi connectivity index (χ0n) is 11.0. The van der Waals surface area contributed by atoms with Gasteiger partial charge in [0.25, 0.3) is 0 Å². The highest BCUT2D eigenvalue weighted by molar-refractivity contribution is 7.43. The van der Waals surface area contributed by atoms with Gasteiger partial charge in [-0.05, 0) is 0 Å². The van der Waals surface area contributed by atoms with Crippen molar-refractivity contribution in [2.24, 2.45) is 0 Å². The largest absolute Gasteiger partial charge is 0.790 e. The molecule has 1 aliphatic rings. The topological polar surface area (TPSA) is 278 Å². The summed E-state index contributed by atoms with van der Waals surface area (Å²) in [6.45, 7) is 0. The van der Waals surface area contributed by atoms with E-state index < -0.39 is 60.1 Å². The van der Waals surface area contributed by atoms with Crippen molar-refractivity contribution in [3.63, 3.8) is 0 Å². The Bertz CT molecular complexity index is 536. The second-order valence-corrected chi connectivity index (χ2v) is 7.84. The molecule has 144 valence electrons. The second-order valence-electron chi connectivity index (χ2n) is 4.52. The molecule has 0 aliphatic heterocycles. The van der Waals surface area contributed by atoms with Crippen molar-refractivity contribution < 1.29 is 71.9 Å². The molecule has 2 unspecified atom stereocenters. The van der Waals surface area contributed by atoms with Crippen molar-refractivity contribution in [3.8, 4) is 0 Å². The molecule has 0 aromatic heterocycles. The predicted molar refractivity (Wildman–Crippen MR) is 55.5 cm³/mol. The number of hydrogen-bond donors (Lipinski definition) is 3. The molecular weight excluding hydrogens is 405 g/mol. The number of phosphoric ester groups is 3. The third-order valence-corrected chi connectivity index (χ3v) is 4.28. The standard InChI is InChI=1S/C6H15O15P3/c7-1-2(8)4(19-22(10,11)12)6(21-24(16,17)18)5(3(1)9)20-23(13,14)15/h1-9H,(H2,10,11,12)(H2,13,14,15)(H2,16,17,18)/p-6/t1?,2-,3-,4-,5+,6?/m0/s1. The van der Waals surface area contributed by atoms with E-state index >= 15 is 0 Å². The Labute approximate surface area is 133 Å². The Hall–Kier alpha value is 0.210. The van der Waals surface area contributed by atoms with Gasteiger partial charge in [-0.15, -0.1) is 0 Å². The van der Waals surface area contributed by atoms with Crippen LogP contribution in [0.1, 0.15) is 0 Å². The lowest BCUT2D eigenvalue weighted by molar-refractivity contribution is -0.373. The van der Waals surface area contributed by atoms with Crippen molar-refractivity contribution in [2.45, 2.75) is 36.6 Å². The fourth-order valence-electron chi connectivity index (χ4n) is 1.98. The highest BCUT2D eigenvalue weighted by Gasteiger charge is 2.52. The van der Waals surface area contributed by atoms with Crippen LogP contribution in [0.25, 0.3) is 0 Å². The lowest BCUT2D eigenvalue weighted by atomic mass is 9.85. The molecule has 1 fully saturated rings. The average Bonchev–Trinajstić information content (AvgIpc) is 2.32. The Balaban J connectivity index is 3.32. The Morgan fingerprint density at radius 3 is 1.04 bits per heavy atom. The molecule has 15 nitrogen and oxygen atoms in total. The van der Waals surface area contributed by atoms with Gasteiger partial charge in [0.15, 0.2) is 0 Å². The van der Waals surface area contributed by atoms with Crippen molar-refractivity contribution in [1.29, 1.82) is 0 Å². The molecule has 0 bridgehead atoms. The number of aliphatic hydroxyl groups is 3. The van der Waals surface area contributed by atoms with Crippen LogP contribution >= 0.6 is 23.5 Å². The van der Waals surface area contributed by atoms with Gasteiger partial charge in [0.2, 0.25) is 0 Å². The summed E-state index contributed by atoms with van der Waals surface area (Å²) in [6.07, 6.45) is -15.7. The van der Waals surface area contributed by atoms with Crippen LogP contribution < -0.4 is 29.4 Å². The number of rotatable bonds is 6. The van der Waals surface area contributed by atoms with Crippen LogP contribution in [-0.4, -0.2) is 51.9 Å². The van der Waals surface area contributed by atoms with E-state index in [-0.39, 0.29) is 0 Å². The third kappa shape index (κ3) is 6.50. The van der Waals surface area contributed by atoms with Crippen molar-refractivity contribution in [1.82, 2.24) is 0 Å². The molecule has 0 aromatic carbocycles. The molecule has 0 amide bonds. The van der Waals surface area contributed by atoms with Crippen molar-refractivity contribution in [2.75, 3.05) is 0 Å². The Kier molecular flexibility index (Phi) is 6.90. The van der Waals surface area contributed by atoms with Gasteiger partial charge in [-0.2, -0.15) is 0 Å². The Morgan fingerprint density at radius 1 is 0.542 bits per heavy atom. The van der Waals surface area contributed by atoms with Crippen LogP contribution in [0.15, 0.2) is 0 Å². The minimum atomic E-state index is -6.06. The van der Waals surface area contributed by atoms with Gasteiger partial charge in [0.1, 0.15) is 36.6 Å². The van der Waals surface area contributed by atoms with Crippen molar-refractivity contribution in [3.05, 3.63) is 0 Å². The molecule has 0 saturated heterocycles. The maximum atomic E-state index is 10.7. The van der Waals surface area contributed by atoms with Gasteiger partial charge >= 0.3 is 0 Å². The SMILES string of the molecule is O=P([O-])([O-])OC1[C@@H](OP(=O)([O-])[O-])[C@@H](O)C(O)[C@H](O)[C@H]1OP(=O)([O-])[O-]. The monoisotopic (exact) mass is 414 g/mol. The average molecular weight is 414 g/mol. The molecule has 1 saturated carbocycles. The molecule has 0 spiro atoms. The molecule has 1 rings (SSSR count). The van der Waals surface area contributed by atoms with E-state index in [0.717, 1.165) is 0 Å². The van der Waals surface area contributed by atoms with E-state index in [0.29, 0.717) is 0 Å². The van der Waals surface area contributed by atoms with E-state index in [9.17, 15) is 58.4 Å². The van der Waals surface area contributed by atoms with E-state index in [1.165, 1.54) is 0 Å². The molecule has 24 heavy (non-hydrogen) atoms. The van der Waals surface area contributed by atoms with Crippen LogP contribution in [-0.2, 0) is 27.3 Å². The fourth-order valence-corrected chi connectivity index (χ4v) is 3.60. The van der Waals surface area contributed by atoms with E-state index in [1.807, 2.05) is 0 Å². The minimum Gasteiger partial charge on any atom is -0.790 e. The van der Waals surface area contributed by atoms with Crippen LogP contribution in [0, 0.1) is 0 Å². The molecule has 3 N–H and O–H groups in total. The second kappa shape index (κ2) is 7.45. The van der Waals surface area contributed by atoms with Gasteiger partial charge in [-0.3, -0.25) is 0 Å². The number of aliphatic hydroxyl groups excluding tert-OH is 3. The summed E-state index contributed by atoms with van der Waals surface area (Å²) in [5.41, 5.74) is 0. The van der Waals surface area contributed by atoms with E-state index in [4.69, 9.17) is 0 Å². The summed E-state index contributed by atoms with van der Waals surface area (Å²) >= 11 is 0. The highest BCUT2D eigenvalue weighted by Crippen LogP contribution is 2.44. The van der Waals surface area contributed by atoms with Gasteiger partial charge in [-0.1, -0.05) is 0 Å². The molecule has 0 aromatic rings. The third-order valence-electron chi connectivity index (χ3n) is 2.77. The van der Waals surface area contributed by atoms with Crippen LogP contribution in [0.4, 0.5) is 0 Å². The maximum Gasteiger partial charge on any atom is 0.121 e. The van der Waals surface area contributed by atoms with E-state index in [1.54, 1.807) is 0 Å². The summed E-state index contributed by atoms with van der Waals surface area (Å²) in [4.78, 5) is 63.9. The highest BCUT2D eigenvalue weighted by atomic mass is 31.2.